The van der Waals surface area contributed by atoms with Crippen molar-refractivity contribution in [2.75, 3.05) is 56.0 Å². The van der Waals surface area contributed by atoms with Crippen molar-refractivity contribution >= 4 is 46.9 Å². The number of benzene rings is 3. The summed E-state index contributed by atoms with van der Waals surface area (Å²) in [5.41, 5.74) is 4.03. The fraction of sp³-hybridized carbons (Fsp3) is 0.290. The van der Waals surface area contributed by atoms with Crippen LogP contribution in [0.2, 0.25) is 5.02 Å². The van der Waals surface area contributed by atoms with Gasteiger partial charge in [-0.3, -0.25) is 14.5 Å². The maximum atomic E-state index is 13.0. The van der Waals surface area contributed by atoms with Gasteiger partial charge in [0, 0.05) is 44.1 Å². The van der Waals surface area contributed by atoms with Gasteiger partial charge in [0.1, 0.15) is 5.75 Å². The van der Waals surface area contributed by atoms with E-state index in [1.165, 1.54) is 23.4 Å². The number of piperazine rings is 1. The molecule has 8 heteroatoms. The van der Waals surface area contributed by atoms with Gasteiger partial charge in [0.2, 0.25) is 11.8 Å². The van der Waals surface area contributed by atoms with Gasteiger partial charge in [-0.05, 0) is 54.4 Å². The van der Waals surface area contributed by atoms with Crippen LogP contribution in [0.4, 0.5) is 11.4 Å². The van der Waals surface area contributed by atoms with Crippen LogP contribution in [0.1, 0.15) is 17.5 Å². The molecular formula is C31H33ClN4O3. The Bertz CT molecular complexity index is 1340. The third-order valence-corrected chi connectivity index (χ3v) is 7.66. The molecule has 0 aliphatic carbocycles. The second kappa shape index (κ2) is 12.4. The summed E-state index contributed by atoms with van der Waals surface area (Å²) in [5, 5.41) is 12.6. The van der Waals surface area contributed by atoms with Crippen LogP contribution in [-0.4, -0.2) is 72.5 Å². The highest BCUT2D eigenvalue weighted by Crippen LogP contribution is 2.27. The van der Waals surface area contributed by atoms with Gasteiger partial charge in [-0.2, -0.15) is 0 Å². The number of carbonyl (C=O) groups is 2. The summed E-state index contributed by atoms with van der Waals surface area (Å²) in [4.78, 5) is 32.1. The average molecular weight is 545 g/mol. The lowest BCUT2D eigenvalue weighted by atomic mass is 10.1. The molecule has 3 aromatic rings. The monoisotopic (exact) mass is 544 g/mol. The fourth-order valence-electron chi connectivity index (χ4n) is 5.11. The third kappa shape index (κ3) is 6.99. The second-order valence-corrected chi connectivity index (χ2v) is 10.5. The summed E-state index contributed by atoms with van der Waals surface area (Å²) >= 11 is 5.94. The Kier molecular flexibility index (Phi) is 8.49. The Morgan fingerprint density at radius 2 is 1.64 bits per heavy atom. The lowest BCUT2D eigenvalue weighted by Gasteiger charge is -2.37. The summed E-state index contributed by atoms with van der Waals surface area (Å²) in [5.74, 6) is -0.197. The third-order valence-electron chi connectivity index (χ3n) is 7.35. The molecule has 0 bridgehead atoms. The summed E-state index contributed by atoms with van der Waals surface area (Å²) in [6.07, 6.45) is 4.95. The van der Waals surface area contributed by atoms with E-state index >= 15 is 0 Å². The van der Waals surface area contributed by atoms with Crippen LogP contribution in [0.5, 0.6) is 5.75 Å². The second-order valence-electron chi connectivity index (χ2n) is 10.1. The smallest absolute Gasteiger partial charge is 0.236 e. The molecule has 5 rings (SSSR count). The van der Waals surface area contributed by atoms with Crippen molar-refractivity contribution in [2.45, 2.75) is 6.42 Å². The van der Waals surface area contributed by atoms with Gasteiger partial charge in [0.05, 0.1) is 17.5 Å². The number of nitrogens with zero attached hydrogens (tertiary/aromatic N) is 3. The zero-order valence-corrected chi connectivity index (χ0v) is 22.6. The van der Waals surface area contributed by atoms with Crippen LogP contribution in [0, 0.1) is 5.92 Å². The van der Waals surface area contributed by atoms with E-state index in [-0.39, 0.29) is 28.5 Å². The van der Waals surface area contributed by atoms with E-state index in [9.17, 15) is 14.7 Å². The maximum Gasteiger partial charge on any atom is 0.236 e. The first-order chi connectivity index (χ1) is 18.9. The lowest BCUT2D eigenvalue weighted by molar-refractivity contribution is -0.132. The normalized spacial score (nSPS) is 18.0. The van der Waals surface area contributed by atoms with Crippen molar-refractivity contribution in [3.8, 4) is 5.75 Å². The van der Waals surface area contributed by atoms with Crippen molar-refractivity contribution in [3.63, 3.8) is 0 Å². The van der Waals surface area contributed by atoms with Gasteiger partial charge in [-0.25, -0.2) is 0 Å². The number of aromatic hydroxyl groups is 1. The summed E-state index contributed by atoms with van der Waals surface area (Å²) in [6.45, 7) is 4.53. The molecule has 2 amide bonds. The maximum absolute atomic E-state index is 13.0. The number of amides is 2. The van der Waals surface area contributed by atoms with Crippen LogP contribution < -0.4 is 10.2 Å². The SMILES string of the molecule is O=C(Nc1ccc(O)c(Cl)c1)[C@@H]1CCN(CC(=O)N2CCN(c3cccc(/C=C/c4ccccc4)c3)CC2)C1. The van der Waals surface area contributed by atoms with Crippen LogP contribution in [0.3, 0.4) is 0 Å². The van der Waals surface area contributed by atoms with Gasteiger partial charge in [0.15, 0.2) is 0 Å². The highest BCUT2D eigenvalue weighted by Gasteiger charge is 2.31. The minimum absolute atomic E-state index is 0.0226. The van der Waals surface area contributed by atoms with Crippen molar-refractivity contribution in [1.82, 2.24) is 9.80 Å². The van der Waals surface area contributed by atoms with E-state index in [1.807, 2.05) is 23.1 Å². The molecule has 39 heavy (non-hydrogen) atoms. The number of likely N-dealkylation sites (tertiary alicyclic amines) is 1. The molecule has 7 nitrogen and oxygen atoms in total. The van der Waals surface area contributed by atoms with E-state index in [2.05, 4.69) is 63.7 Å². The quantitative estimate of drug-likeness (QED) is 0.329. The molecule has 0 aromatic heterocycles. The largest absolute Gasteiger partial charge is 0.506 e. The highest BCUT2D eigenvalue weighted by molar-refractivity contribution is 6.32. The van der Waals surface area contributed by atoms with E-state index < -0.39 is 0 Å². The van der Waals surface area contributed by atoms with Gasteiger partial charge in [-0.15, -0.1) is 0 Å². The molecule has 2 N–H and O–H groups in total. The molecule has 1 atom stereocenters. The Balaban J connectivity index is 1.08. The van der Waals surface area contributed by atoms with Crippen LogP contribution in [0.15, 0.2) is 72.8 Å². The summed E-state index contributed by atoms with van der Waals surface area (Å²) in [7, 11) is 0. The number of hydrogen-bond acceptors (Lipinski definition) is 5. The molecule has 0 radical (unpaired) electrons. The minimum Gasteiger partial charge on any atom is -0.506 e. The Labute approximate surface area is 234 Å². The first-order valence-corrected chi connectivity index (χ1v) is 13.7. The molecule has 2 aliphatic heterocycles. The number of carbonyl (C=O) groups excluding carboxylic acids is 2. The van der Waals surface area contributed by atoms with Gasteiger partial charge in [-0.1, -0.05) is 66.2 Å². The molecule has 2 fully saturated rings. The predicted octanol–water partition coefficient (Wildman–Crippen LogP) is 4.83. The Hall–Kier alpha value is -3.81. The molecule has 2 heterocycles. The minimum atomic E-state index is -0.189. The topological polar surface area (TPSA) is 76.1 Å². The molecule has 2 aliphatic rings. The Morgan fingerprint density at radius 1 is 0.897 bits per heavy atom. The molecule has 0 spiro atoms. The fourth-order valence-corrected chi connectivity index (χ4v) is 5.29. The van der Waals surface area contributed by atoms with Gasteiger partial charge >= 0.3 is 0 Å². The lowest BCUT2D eigenvalue weighted by Crippen LogP contribution is -2.51. The molecule has 0 unspecified atom stereocenters. The van der Waals surface area contributed by atoms with Crippen LogP contribution in [0.25, 0.3) is 12.2 Å². The standard InChI is InChI=1S/C31H33ClN4O3/c32-28-20-26(11-12-29(28)37)33-31(39)25-13-14-34(21-25)22-30(38)36-17-15-35(16-18-36)27-8-4-7-24(19-27)10-9-23-5-2-1-3-6-23/h1-12,19-20,25,37H,13-18,21-22H2,(H,33,39)/b10-9+/t25-/m1/s1. The molecular weight excluding hydrogens is 512 g/mol. The first-order valence-electron chi connectivity index (χ1n) is 13.3. The number of phenols is 1. The zero-order chi connectivity index (χ0) is 27.2. The number of phenolic OH excluding ortho intramolecular Hbond substituents is 1. The van der Waals surface area contributed by atoms with Gasteiger partial charge in [0.25, 0.3) is 0 Å². The summed E-state index contributed by atoms with van der Waals surface area (Å²) < 4.78 is 0. The molecule has 0 saturated carbocycles. The molecule has 3 aromatic carbocycles. The van der Waals surface area contributed by atoms with Gasteiger partial charge < -0.3 is 20.2 Å². The number of anilines is 2. The Morgan fingerprint density at radius 3 is 2.41 bits per heavy atom. The van der Waals surface area contributed by atoms with Crippen molar-refractivity contribution in [3.05, 3.63) is 88.9 Å². The van der Waals surface area contributed by atoms with Crippen molar-refractivity contribution < 1.29 is 14.7 Å². The number of hydrogen-bond donors (Lipinski definition) is 2. The predicted molar refractivity (Wildman–Crippen MR) is 157 cm³/mol. The first kappa shape index (κ1) is 26.8. The number of halogens is 1. The molecule has 202 valence electrons. The zero-order valence-electron chi connectivity index (χ0n) is 21.8. The number of rotatable bonds is 7. The van der Waals surface area contributed by atoms with Crippen LogP contribution >= 0.6 is 11.6 Å². The van der Waals surface area contributed by atoms with E-state index in [1.54, 1.807) is 6.07 Å². The highest BCUT2D eigenvalue weighted by atomic mass is 35.5. The average Bonchev–Trinajstić information content (AvgIpc) is 3.43. The van der Waals surface area contributed by atoms with Crippen LogP contribution in [-0.2, 0) is 9.59 Å². The van der Waals surface area contributed by atoms with E-state index in [0.717, 1.165) is 18.7 Å². The van der Waals surface area contributed by atoms with Crippen molar-refractivity contribution in [2.24, 2.45) is 5.92 Å². The number of nitrogens with one attached hydrogen (secondary N) is 1. The summed E-state index contributed by atoms with van der Waals surface area (Å²) in [6, 6.07) is 23.4. The molecule has 2 saturated heterocycles. The van der Waals surface area contributed by atoms with Crippen molar-refractivity contribution in [1.29, 1.82) is 0 Å². The van der Waals surface area contributed by atoms with E-state index in [0.29, 0.717) is 44.8 Å². The van der Waals surface area contributed by atoms with E-state index in [4.69, 9.17) is 11.6 Å².